The van der Waals surface area contributed by atoms with Gasteiger partial charge in [0.2, 0.25) is 5.91 Å². The molecule has 1 atom stereocenters. The Morgan fingerprint density at radius 1 is 1.00 bits per heavy atom. The molecule has 2 amide bonds. The highest BCUT2D eigenvalue weighted by Gasteiger charge is 2.31. The highest BCUT2D eigenvalue weighted by molar-refractivity contribution is 9.10. The van der Waals surface area contributed by atoms with Crippen molar-refractivity contribution in [1.82, 2.24) is 10.2 Å². The van der Waals surface area contributed by atoms with Gasteiger partial charge in [0.1, 0.15) is 11.8 Å². The summed E-state index contributed by atoms with van der Waals surface area (Å²) >= 11 is 16.5. The quantitative estimate of drug-likeness (QED) is 0.216. The molecule has 0 aromatic heterocycles. The molecule has 202 valence electrons. The highest BCUT2D eigenvalue weighted by Crippen LogP contribution is 2.28. The van der Waals surface area contributed by atoms with Crippen molar-refractivity contribution in [2.24, 2.45) is 0 Å². The number of amides is 2. The Kier molecular flexibility index (Phi) is 11.5. The Morgan fingerprint density at radius 2 is 1.63 bits per heavy atom. The molecular formula is C30H33BrCl2N2O3. The molecular weight excluding hydrogens is 587 g/mol. The Hall–Kier alpha value is -2.54. The normalized spacial score (nSPS) is 11.6. The molecule has 8 heteroatoms. The predicted octanol–water partition coefficient (Wildman–Crippen LogP) is 7.31. The number of nitrogens with one attached hydrogen (secondary N) is 1. The molecule has 0 aliphatic heterocycles. The van der Waals surface area contributed by atoms with Crippen molar-refractivity contribution in [3.63, 3.8) is 0 Å². The van der Waals surface area contributed by atoms with Gasteiger partial charge < -0.3 is 15.0 Å². The van der Waals surface area contributed by atoms with Gasteiger partial charge in [0, 0.05) is 39.6 Å². The maximum Gasteiger partial charge on any atom is 0.261 e. The first kappa shape index (κ1) is 30.0. The summed E-state index contributed by atoms with van der Waals surface area (Å²) in [6.45, 7) is 6.35. The van der Waals surface area contributed by atoms with E-state index in [1.54, 1.807) is 18.2 Å². The highest BCUT2D eigenvalue weighted by atomic mass is 79.9. The first-order chi connectivity index (χ1) is 18.2. The summed E-state index contributed by atoms with van der Waals surface area (Å²) in [4.78, 5) is 28.8. The van der Waals surface area contributed by atoms with Gasteiger partial charge in [-0.15, -0.1) is 0 Å². The third-order valence-corrected chi connectivity index (χ3v) is 8.22. The van der Waals surface area contributed by atoms with E-state index in [4.69, 9.17) is 27.9 Å². The number of halogens is 3. The molecule has 3 rings (SSSR count). The molecule has 0 saturated heterocycles. The molecule has 0 radical (unpaired) electrons. The Balaban J connectivity index is 1.95. The number of nitrogens with zero attached hydrogens (tertiary/aromatic N) is 1. The molecule has 5 nitrogen and oxygen atoms in total. The lowest BCUT2D eigenvalue weighted by Gasteiger charge is -2.32. The molecule has 0 fully saturated rings. The van der Waals surface area contributed by atoms with Crippen LogP contribution in [-0.2, 0) is 22.6 Å². The number of rotatable bonds is 12. The zero-order valence-electron chi connectivity index (χ0n) is 21.9. The van der Waals surface area contributed by atoms with Crippen molar-refractivity contribution in [2.45, 2.75) is 52.6 Å². The zero-order valence-corrected chi connectivity index (χ0v) is 25.0. The molecule has 0 heterocycles. The van der Waals surface area contributed by atoms with Crippen LogP contribution in [0.15, 0.2) is 65.1 Å². The number of hydrogen-bond acceptors (Lipinski definition) is 3. The summed E-state index contributed by atoms with van der Waals surface area (Å²) in [5, 5.41) is 3.87. The topological polar surface area (TPSA) is 58.6 Å². The van der Waals surface area contributed by atoms with E-state index in [2.05, 4.69) is 28.2 Å². The molecule has 0 spiro atoms. The van der Waals surface area contributed by atoms with Gasteiger partial charge in [-0.1, -0.05) is 88.9 Å². The number of hydrogen-bond donors (Lipinski definition) is 1. The lowest BCUT2D eigenvalue weighted by molar-refractivity contribution is -0.142. The van der Waals surface area contributed by atoms with E-state index in [-0.39, 0.29) is 25.0 Å². The van der Waals surface area contributed by atoms with Crippen LogP contribution in [0, 0.1) is 13.8 Å². The SMILES string of the molecule is CCCCNC(=O)[C@@H](Cc1ccccc1)N(Cc1c(Cl)cccc1Cl)C(=O)COc1cc(C)c(Br)c(C)c1. The van der Waals surface area contributed by atoms with Crippen LogP contribution < -0.4 is 10.1 Å². The van der Waals surface area contributed by atoms with Crippen LogP contribution in [0.25, 0.3) is 0 Å². The number of unbranched alkanes of at least 4 members (excludes halogenated alkanes) is 1. The van der Waals surface area contributed by atoms with E-state index >= 15 is 0 Å². The Morgan fingerprint density at radius 3 is 2.24 bits per heavy atom. The fourth-order valence-electron chi connectivity index (χ4n) is 4.13. The molecule has 3 aromatic rings. The molecule has 0 aliphatic carbocycles. The van der Waals surface area contributed by atoms with E-state index < -0.39 is 6.04 Å². The maximum atomic E-state index is 13.8. The van der Waals surface area contributed by atoms with Crippen molar-refractivity contribution in [1.29, 1.82) is 0 Å². The maximum absolute atomic E-state index is 13.8. The van der Waals surface area contributed by atoms with E-state index in [1.807, 2.05) is 56.3 Å². The fourth-order valence-corrected chi connectivity index (χ4v) is 4.88. The van der Waals surface area contributed by atoms with Crippen LogP contribution in [0.2, 0.25) is 10.0 Å². The Labute approximate surface area is 243 Å². The van der Waals surface area contributed by atoms with Gasteiger partial charge in [-0.2, -0.15) is 0 Å². The lowest BCUT2D eigenvalue weighted by Crippen LogP contribution is -2.52. The summed E-state index contributed by atoms with van der Waals surface area (Å²) in [7, 11) is 0. The second kappa shape index (κ2) is 14.6. The third-order valence-electron chi connectivity index (χ3n) is 6.26. The van der Waals surface area contributed by atoms with E-state index in [0.717, 1.165) is 34.0 Å². The molecule has 0 bridgehead atoms. The zero-order chi connectivity index (χ0) is 27.7. The van der Waals surface area contributed by atoms with Gasteiger partial charge in [0.05, 0.1) is 0 Å². The van der Waals surface area contributed by atoms with Crippen molar-refractivity contribution >= 4 is 50.9 Å². The molecule has 3 aromatic carbocycles. The second-order valence-corrected chi connectivity index (χ2v) is 10.8. The van der Waals surface area contributed by atoms with Gasteiger partial charge in [0.15, 0.2) is 6.61 Å². The summed E-state index contributed by atoms with van der Waals surface area (Å²) in [6.07, 6.45) is 2.13. The average Bonchev–Trinajstić information content (AvgIpc) is 2.90. The number of ether oxygens (including phenoxy) is 1. The van der Waals surface area contributed by atoms with Crippen LogP contribution in [0.4, 0.5) is 0 Å². The first-order valence-corrected chi connectivity index (χ1v) is 14.2. The molecule has 38 heavy (non-hydrogen) atoms. The van der Waals surface area contributed by atoms with E-state index in [0.29, 0.717) is 34.3 Å². The monoisotopic (exact) mass is 618 g/mol. The summed E-state index contributed by atoms with van der Waals surface area (Å²) in [5.41, 5.74) is 3.53. The smallest absolute Gasteiger partial charge is 0.261 e. The van der Waals surface area contributed by atoms with Crippen LogP contribution in [-0.4, -0.2) is 35.9 Å². The van der Waals surface area contributed by atoms with Gasteiger partial charge >= 0.3 is 0 Å². The van der Waals surface area contributed by atoms with Crippen molar-refractivity contribution in [2.75, 3.05) is 13.2 Å². The largest absolute Gasteiger partial charge is 0.484 e. The Bertz CT molecular complexity index is 1210. The van der Waals surface area contributed by atoms with Gasteiger partial charge in [0.25, 0.3) is 5.91 Å². The molecule has 1 N–H and O–H groups in total. The average molecular weight is 620 g/mol. The number of carbonyl (C=O) groups is 2. The van der Waals surface area contributed by atoms with Gasteiger partial charge in [-0.3, -0.25) is 9.59 Å². The second-order valence-electron chi connectivity index (χ2n) is 9.23. The summed E-state index contributed by atoms with van der Waals surface area (Å²) < 4.78 is 6.93. The summed E-state index contributed by atoms with van der Waals surface area (Å²) in [5.74, 6) is 0.0132. The first-order valence-electron chi connectivity index (χ1n) is 12.6. The third kappa shape index (κ3) is 8.23. The summed E-state index contributed by atoms with van der Waals surface area (Å²) in [6, 6.07) is 17.8. The minimum Gasteiger partial charge on any atom is -0.484 e. The van der Waals surface area contributed by atoms with Crippen molar-refractivity contribution in [3.8, 4) is 5.75 Å². The molecule has 0 aliphatic rings. The minimum atomic E-state index is -0.786. The van der Waals surface area contributed by atoms with E-state index in [1.165, 1.54) is 4.90 Å². The van der Waals surface area contributed by atoms with Crippen LogP contribution in [0.3, 0.4) is 0 Å². The van der Waals surface area contributed by atoms with Gasteiger partial charge in [-0.25, -0.2) is 0 Å². The molecule has 0 unspecified atom stereocenters. The van der Waals surface area contributed by atoms with Crippen molar-refractivity contribution < 1.29 is 14.3 Å². The predicted molar refractivity (Wildman–Crippen MR) is 158 cm³/mol. The van der Waals surface area contributed by atoms with Crippen molar-refractivity contribution in [3.05, 3.63) is 97.4 Å². The minimum absolute atomic E-state index is 0.0673. The van der Waals surface area contributed by atoms with Crippen LogP contribution >= 0.6 is 39.1 Å². The number of benzene rings is 3. The number of carbonyl (C=O) groups excluding carboxylic acids is 2. The molecule has 0 saturated carbocycles. The van der Waals surface area contributed by atoms with Crippen LogP contribution in [0.1, 0.15) is 42.0 Å². The fraction of sp³-hybridized carbons (Fsp3) is 0.333. The van der Waals surface area contributed by atoms with Gasteiger partial charge in [-0.05, 0) is 61.2 Å². The standard InChI is InChI=1S/C30H33BrCl2N2O3/c1-4-5-14-34-30(37)27(17-22-10-7-6-8-11-22)35(18-24-25(32)12-9-13-26(24)33)28(36)19-38-23-15-20(2)29(31)21(3)16-23/h6-13,15-16,27H,4-5,14,17-19H2,1-3H3,(H,34,37)/t27-/m1/s1. The van der Waals surface area contributed by atoms with Crippen LogP contribution in [0.5, 0.6) is 5.75 Å². The number of aryl methyl sites for hydroxylation is 2. The lowest BCUT2D eigenvalue weighted by atomic mass is 10.0. The van der Waals surface area contributed by atoms with E-state index in [9.17, 15) is 9.59 Å².